The van der Waals surface area contributed by atoms with Gasteiger partial charge in [-0.1, -0.05) is 38.1 Å². The van der Waals surface area contributed by atoms with Crippen molar-refractivity contribution in [3.05, 3.63) is 35.4 Å². The molecular weight excluding hydrogens is 188 g/mol. The number of hydrogen-bond donors (Lipinski definition) is 2. The molecule has 0 amide bonds. The van der Waals surface area contributed by atoms with Crippen LogP contribution in [0, 0.1) is 0 Å². The standard InChI is InChI=1S/C13H20O2/c1-3-11-4-6-12(7-5-11)10(2)8-13(15)9-14/h4-7,10,13-15H,3,8-9H2,1-2H3. The van der Waals surface area contributed by atoms with Crippen LogP contribution in [0.4, 0.5) is 0 Å². The second kappa shape index (κ2) is 5.89. The second-order valence-electron chi connectivity index (χ2n) is 4.07. The lowest BCUT2D eigenvalue weighted by Gasteiger charge is -2.15. The molecule has 84 valence electrons. The molecule has 0 bridgehead atoms. The van der Waals surface area contributed by atoms with E-state index >= 15 is 0 Å². The Morgan fingerprint density at radius 2 is 1.80 bits per heavy atom. The van der Waals surface area contributed by atoms with Gasteiger partial charge in [0.15, 0.2) is 0 Å². The van der Waals surface area contributed by atoms with Gasteiger partial charge in [-0.2, -0.15) is 0 Å². The zero-order valence-electron chi connectivity index (χ0n) is 9.48. The van der Waals surface area contributed by atoms with E-state index in [0.29, 0.717) is 6.42 Å². The molecule has 1 rings (SSSR count). The highest BCUT2D eigenvalue weighted by molar-refractivity contribution is 5.25. The van der Waals surface area contributed by atoms with Crippen LogP contribution >= 0.6 is 0 Å². The summed E-state index contributed by atoms with van der Waals surface area (Å²) in [5, 5.41) is 18.1. The van der Waals surface area contributed by atoms with Crippen LogP contribution in [-0.4, -0.2) is 22.9 Å². The lowest BCUT2D eigenvalue weighted by atomic mass is 9.94. The normalized spacial score (nSPS) is 14.9. The first kappa shape index (κ1) is 12.2. The summed E-state index contributed by atoms with van der Waals surface area (Å²) in [4.78, 5) is 0. The third kappa shape index (κ3) is 3.65. The molecule has 1 aromatic carbocycles. The summed E-state index contributed by atoms with van der Waals surface area (Å²) in [5.41, 5.74) is 2.55. The molecule has 2 atom stereocenters. The van der Waals surface area contributed by atoms with Crippen molar-refractivity contribution in [2.75, 3.05) is 6.61 Å². The molecule has 0 saturated heterocycles. The fraction of sp³-hybridized carbons (Fsp3) is 0.538. The SMILES string of the molecule is CCc1ccc(C(C)CC(O)CO)cc1. The van der Waals surface area contributed by atoms with E-state index in [2.05, 4.69) is 38.1 Å². The number of benzene rings is 1. The summed E-state index contributed by atoms with van der Waals surface area (Å²) < 4.78 is 0. The molecule has 2 unspecified atom stereocenters. The summed E-state index contributed by atoms with van der Waals surface area (Å²) in [6.07, 6.45) is 1.06. The third-order valence-corrected chi connectivity index (χ3v) is 2.79. The van der Waals surface area contributed by atoms with Gasteiger partial charge in [0.2, 0.25) is 0 Å². The summed E-state index contributed by atoms with van der Waals surface area (Å²) in [7, 11) is 0. The number of aliphatic hydroxyl groups excluding tert-OH is 2. The molecule has 0 radical (unpaired) electrons. The highest BCUT2D eigenvalue weighted by Gasteiger charge is 2.10. The van der Waals surface area contributed by atoms with E-state index in [1.807, 2.05) is 0 Å². The Kier molecular flexibility index (Phi) is 4.79. The minimum absolute atomic E-state index is 0.155. The second-order valence-corrected chi connectivity index (χ2v) is 4.07. The molecule has 0 aromatic heterocycles. The van der Waals surface area contributed by atoms with Gasteiger partial charge < -0.3 is 10.2 Å². The Hall–Kier alpha value is -0.860. The van der Waals surface area contributed by atoms with E-state index in [-0.39, 0.29) is 12.5 Å². The first-order chi connectivity index (χ1) is 7.17. The highest BCUT2D eigenvalue weighted by atomic mass is 16.3. The van der Waals surface area contributed by atoms with Gasteiger partial charge in [-0.25, -0.2) is 0 Å². The van der Waals surface area contributed by atoms with E-state index < -0.39 is 6.10 Å². The first-order valence-electron chi connectivity index (χ1n) is 5.55. The van der Waals surface area contributed by atoms with Gasteiger partial charge in [-0.05, 0) is 29.9 Å². The van der Waals surface area contributed by atoms with Crippen LogP contribution in [0.5, 0.6) is 0 Å². The molecule has 15 heavy (non-hydrogen) atoms. The molecule has 2 N–H and O–H groups in total. The zero-order chi connectivity index (χ0) is 11.3. The van der Waals surface area contributed by atoms with Gasteiger partial charge in [0.05, 0.1) is 12.7 Å². The van der Waals surface area contributed by atoms with Crippen LogP contribution in [0.3, 0.4) is 0 Å². The molecule has 0 aliphatic rings. The molecule has 0 spiro atoms. The van der Waals surface area contributed by atoms with Gasteiger partial charge in [-0.3, -0.25) is 0 Å². The quantitative estimate of drug-likeness (QED) is 0.778. The highest BCUT2D eigenvalue weighted by Crippen LogP contribution is 2.21. The van der Waals surface area contributed by atoms with Crippen LogP contribution < -0.4 is 0 Å². The fourth-order valence-electron chi connectivity index (χ4n) is 1.70. The largest absolute Gasteiger partial charge is 0.394 e. The number of hydrogen-bond acceptors (Lipinski definition) is 2. The summed E-state index contributed by atoms with van der Waals surface area (Å²) in [6, 6.07) is 8.45. The Labute approximate surface area is 91.6 Å². The maximum Gasteiger partial charge on any atom is 0.0776 e. The maximum absolute atomic E-state index is 9.34. The lowest BCUT2D eigenvalue weighted by molar-refractivity contribution is 0.0835. The van der Waals surface area contributed by atoms with Crippen molar-refractivity contribution in [1.82, 2.24) is 0 Å². The summed E-state index contributed by atoms with van der Waals surface area (Å²) in [5.74, 6) is 0.290. The molecule has 1 aromatic rings. The average molecular weight is 208 g/mol. The predicted molar refractivity (Wildman–Crippen MR) is 61.9 cm³/mol. The minimum Gasteiger partial charge on any atom is -0.394 e. The summed E-state index contributed by atoms with van der Waals surface area (Å²) in [6.45, 7) is 4.05. The molecule has 0 fully saturated rings. The Morgan fingerprint density at radius 3 is 2.27 bits per heavy atom. The van der Waals surface area contributed by atoms with Gasteiger partial charge in [0, 0.05) is 0 Å². The molecule has 0 saturated carbocycles. The van der Waals surface area contributed by atoms with Crippen molar-refractivity contribution in [3.8, 4) is 0 Å². The molecule has 0 heterocycles. The van der Waals surface area contributed by atoms with Gasteiger partial charge in [0.1, 0.15) is 0 Å². The van der Waals surface area contributed by atoms with Crippen molar-refractivity contribution in [2.24, 2.45) is 0 Å². The zero-order valence-corrected chi connectivity index (χ0v) is 9.48. The van der Waals surface area contributed by atoms with E-state index in [1.165, 1.54) is 11.1 Å². The van der Waals surface area contributed by atoms with Crippen molar-refractivity contribution >= 4 is 0 Å². The van der Waals surface area contributed by atoms with Gasteiger partial charge >= 0.3 is 0 Å². The van der Waals surface area contributed by atoms with E-state index in [9.17, 15) is 5.11 Å². The predicted octanol–water partition coefficient (Wildman–Crippen LogP) is 2.10. The van der Waals surface area contributed by atoms with E-state index in [4.69, 9.17) is 5.11 Å². The third-order valence-electron chi connectivity index (χ3n) is 2.79. The van der Waals surface area contributed by atoms with Crippen molar-refractivity contribution in [2.45, 2.75) is 38.7 Å². The smallest absolute Gasteiger partial charge is 0.0776 e. The molecule has 2 heteroatoms. The molecule has 0 aliphatic heterocycles. The van der Waals surface area contributed by atoms with E-state index in [0.717, 1.165) is 6.42 Å². The summed E-state index contributed by atoms with van der Waals surface area (Å²) >= 11 is 0. The van der Waals surface area contributed by atoms with Crippen LogP contribution in [0.15, 0.2) is 24.3 Å². The Balaban J connectivity index is 2.61. The Morgan fingerprint density at radius 1 is 1.20 bits per heavy atom. The monoisotopic (exact) mass is 208 g/mol. The molecule has 2 nitrogen and oxygen atoms in total. The van der Waals surface area contributed by atoms with Crippen molar-refractivity contribution < 1.29 is 10.2 Å². The van der Waals surface area contributed by atoms with Gasteiger partial charge in [0.25, 0.3) is 0 Å². The average Bonchev–Trinajstić information content (AvgIpc) is 2.29. The van der Waals surface area contributed by atoms with Crippen LogP contribution in [0.2, 0.25) is 0 Å². The maximum atomic E-state index is 9.34. The lowest BCUT2D eigenvalue weighted by Crippen LogP contribution is -2.14. The van der Waals surface area contributed by atoms with Crippen molar-refractivity contribution in [3.63, 3.8) is 0 Å². The number of aryl methyl sites for hydroxylation is 1. The van der Waals surface area contributed by atoms with Crippen LogP contribution in [0.25, 0.3) is 0 Å². The molecular formula is C13H20O2. The topological polar surface area (TPSA) is 40.5 Å². The number of rotatable bonds is 5. The molecule has 0 aliphatic carbocycles. The fourth-order valence-corrected chi connectivity index (χ4v) is 1.70. The van der Waals surface area contributed by atoms with Gasteiger partial charge in [-0.15, -0.1) is 0 Å². The number of aliphatic hydroxyl groups is 2. The van der Waals surface area contributed by atoms with Crippen LogP contribution in [0.1, 0.15) is 37.3 Å². The first-order valence-corrected chi connectivity index (χ1v) is 5.55. The van der Waals surface area contributed by atoms with Crippen LogP contribution in [-0.2, 0) is 6.42 Å². The minimum atomic E-state index is -0.606. The van der Waals surface area contributed by atoms with Crippen molar-refractivity contribution in [1.29, 1.82) is 0 Å². The Bertz CT molecular complexity index is 279. The van der Waals surface area contributed by atoms with E-state index in [1.54, 1.807) is 0 Å².